The summed E-state index contributed by atoms with van der Waals surface area (Å²) in [5, 5.41) is 0. The lowest BCUT2D eigenvalue weighted by atomic mass is 9.93. The van der Waals surface area contributed by atoms with E-state index >= 15 is 0 Å². The molecule has 0 spiro atoms. The molecule has 116 valence electrons. The number of nitrogen functional groups attached to an aromatic ring is 1. The molecule has 0 unspecified atom stereocenters. The molecule has 0 amide bonds. The molecule has 3 N–H and O–H groups in total. The molecule has 6 heteroatoms. The Morgan fingerprint density at radius 1 is 1.14 bits per heavy atom. The number of sulfonamides is 1. The SMILES string of the molecule is Nc1ccc(S(=O)(=O)NC[C@@H]2CCOc3ccccc32)cc1. The van der Waals surface area contributed by atoms with Gasteiger partial charge in [-0.05, 0) is 42.3 Å². The van der Waals surface area contributed by atoms with E-state index in [1.807, 2.05) is 24.3 Å². The van der Waals surface area contributed by atoms with Gasteiger partial charge in [0.15, 0.2) is 0 Å². The summed E-state index contributed by atoms with van der Waals surface area (Å²) in [5.41, 5.74) is 7.17. The first-order chi connectivity index (χ1) is 10.6. The Balaban J connectivity index is 1.74. The van der Waals surface area contributed by atoms with Gasteiger partial charge < -0.3 is 10.5 Å². The Labute approximate surface area is 130 Å². The van der Waals surface area contributed by atoms with Crippen molar-refractivity contribution < 1.29 is 13.2 Å². The van der Waals surface area contributed by atoms with Crippen molar-refractivity contribution in [2.24, 2.45) is 0 Å². The smallest absolute Gasteiger partial charge is 0.240 e. The third-order valence-corrected chi connectivity index (χ3v) is 5.23. The number of nitrogens with two attached hydrogens (primary N) is 1. The Hall–Kier alpha value is -2.05. The van der Waals surface area contributed by atoms with E-state index in [9.17, 15) is 8.42 Å². The van der Waals surface area contributed by atoms with Crippen LogP contribution in [0.1, 0.15) is 17.9 Å². The van der Waals surface area contributed by atoms with Crippen molar-refractivity contribution in [2.75, 3.05) is 18.9 Å². The summed E-state index contributed by atoms with van der Waals surface area (Å²) in [6.45, 7) is 0.957. The summed E-state index contributed by atoms with van der Waals surface area (Å²) >= 11 is 0. The van der Waals surface area contributed by atoms with Crippen molar-refractivity contribution in [3.05, 3.63) is 54.1 Å². The Morgan fingerprint density at radius 3 is 2.64 bits per heavy atom. The van der Waals surface area contributed by atoms with Gasteiger partial charge in [0.25, 0.3) is 0 Å². The zero-order valence-corrected chi connectivity index (χ0v) is 12.8. The molecule has 3 rings (SSSR count). The quantitative estimate of drug-likeness (QED) is 0.846. The molecule has 2 aromatic carbocycles. The van der Waals surface area contributed by atoms with Crippen molar-refractivity contribution in [3.63, 3.8) is 0 Å². The highest BCUT2D eigenvalue weighted by atomic mass is 32.2. The van der Waals surface area contributed by atoms with Gasteiger partial charge in [-0.2, -0.15) is 0 Å². The number of nitrogens with one attached hydrogen (secondary N) is 1. The van der Waals surface area contributed by atoms with Crippen LogP contribution in [0, 0.1) is 0 Å². The second kappa shape index (κ2) is 5.98. The van der Waals surface area contributed by atoms with Crippen LogP contribution in [-0.4, -0.2) is 21.6 Å². The lowest BCUT2D eigenvalue weighted by Gasteiger charge is -2.26. The fourth-order valence-corrected chi connectivity index (χ4v) is 3.65. The molecule has 1 aliphatic heterocycles. The maximum Gasteiger partial charge on any atom is 0.240 e. The minimum Gasteiger partial charge on any atom is -0.493 e. The van der Waals surface area contributed by atoms with Crippen molar-refractivity contribution in [2.45, 2.75) is 17.2 Å². The first kappa shape index (κ1) is 14.9. The minimum atomic E-state index is -3.53. The van der Waals surface area contributed by atoms with E-state index in [2.05, 4.69) is 4.72 Å². The van der Waals surface area contributed by atoms with Crippen molar-refractivity contribution >= 4 is 15.7 Å². The van der Waals surface area contributed by atoms with Gasteiger partial charge in [-0.1, -0.05) is 18.2 Å². The van der Waals surface area contributed by atoms with Crippen molar-refractivity contribution in [1.82, 2.24) is 4.72 Å². The van der Waals surface area contributed by atoms with Crippen LogP contribution in [0.25, 0.3) is 0 Å². The van der Waals surface area contributed by atoms with Crippen molar-refractivity contribution in [3.8, 4) is 5.75 Å². The summed E-state index contributed by atoms with van der Waals surface area (Å²) < 4.78 is 32.9. The molecule has 1 atom stereocenters. The van der Waals surface area contributed by atoms with Crippen LogP contribution < -0.4 is 15.2 Å². The van der Waals surface area contributed by atoms with Crippen LogP contribution in [0.2, 0.25) is 0 Å². The average molecular weight is 318 g/mol. The van der Waals surface area contributed by atoms with Crippen LogP contribution in [0.3, 0.4) is 0 Å². The largest absolute Gasteiger partial charge is 0.493 e. The van der Waals surface area contributed by atoms with Crippen LogP contribution in [-0.2, 0) is 10.0 Å². The monoisotopic (exact) mass is 318 g/mol. The zero-order valence-electron chi connectivity index (χ0n) is 12.0. The van der Waals surface area contributed by atoms with Gasteiger partial charge in [-0.25, -0.2) is 13.1 Å². The van der Waals surface area contributed by atoms with E-state index in [0.717, 1.165) is 17.7 Å². The lowest BCUT2D eigenvalue weighted by Crippen LogP contribution is -2.30. The molecule has 0 bridgehead atoms. The number of fused-ring (bicyclic) bond motifs is 1. The zero-order chi connectivity index (χ0) is 15.6. The third kappa shape index (κ3) is 3.08. The summed E-state index contributed by atoms with van der Waals surface area (Å²) in [4.78, 5) is 0.224. The number of benzene rings is 2. The van der Waals surface area contributed by atoms with Gasteiger partial charge in [0.2, 0.25) is 10.0 Å². The maximum absolute atomic E-state index is 12.3. The van der Waals surface area contributed by atoms with Gasteiger partial charge in [0.1, 0.15) is 5.75 Å². The van der Waals surface area contributed by atoms with E-state index in [1.54, 1.807) is 12.1 Å². The Kier molecular flexibility index (Phi) is 4.04. The van der Waals surface area contributed by atoms with E-state index < -0.39 is 10.0 Å². The lowest BCUT2D eigenvalue weighted by molar-refractivity contribution is 0.267. The minimum absolute atomic E-state index is 0.119. The molecule has 0 saturated heterocycles. The first-order valence-electron chi connectivity index (χ1n) is 7.13. The van der Waals surface area contributed by atoms with E-state index in [4.69, 9.17) is 10.5 Å². The standard InChI is InChI=1S/C16H18N2O3S/c17-13-5-7-14(8-6-13)22(19,20)18-11-12-9-10-21-16-4-2-1-3-15(12)16/h1-8,12,18H,9-11,17H2/t12-/m0/s1. The Morgan fingerprint density at radius 2 is 1.86 bits per heavy atom. The van der Waals surface area contributed by atoms with Gasteiger partial charge in [-0.15, -0.1) is 0 Å². The summed E-state index contributed by atoms with van der Waals surface area (Å²) in [5.74, 6) is 0.957. The molecular formula is C16H18N2O3S. The summed E-state index contributed by atoms with van der Waals surface area (Å²) in [6, 6.07) is 13.9. The molecule has 0 aliphatic carbocycles. The highest BCUT2D eigenvalue weighted by Gasteiger charge is 2.23. The highest BCUT2D eigenvalue weighted by molar-refractivity contribution is 7.89. The van der Waals surface area contributed by atoms with E-state index in [0.29, 0.717) is 18.8 Å². The summed E-state index contributed by atoms with van der Waals surface area (Å²) in [7, 11) is -3.53. The number of ether oxygens (including phenoxy) is 1. The third-order valence-electron chi connectivity index (χ3n) is 3.79. The van der Waals surface area contributed by atoms with Crippen LogP contribution in [0.4, 0.5) is 5.69 Å². The highest BCUT2D eigenvalue weighted by Crippen LogP contribution is 2.33. The predicted molar refractivity (Wildman–Crippen MR) is 85.3 cm³/mol. The maximum atomic E-state index is 12.3. The first-order valence-corrected chi connectivity index (χ1v) is 8.61. The number of anilines is 1. The molecule has 22 heavy (non-hydrogen) atoms. The van der Waals surface area contributed by atoms with E-state index in [-0.39, 0.29) is 10.8 Å². The number of hydrogen-bond donors (Lipinski definition) is 2. The van der Waals surface area contributed by atoms with Crippen LogP contribution >= 0.6 is 0 Å². The molecule has 0 radical (unpaired) electrons. The van der Waals surface area contributed by atoms with Gasteiger partial charge in [0.05, 0.1) is 11.5 Å². The van der Waals surface area contributed by atoms with Crippen molar-refractivity contribution in [1.29, 1.82) is 0 Å². The summed E-state index contributed by atoms with van der Waals surface area (Å²) in [6.07, 6.45) is 0.793. The molecule has 0 fully saturated rings. The number of hydrogen-bond acceptors (Lipinski definition) is 4. The fraction of sp³-hybridized carbons (Fsp3) is 0.250. The van der Waals surface area contributed by atoms with Gasteiger partial charge in [0, 0.05) is 18.2 Å². The molecule has 2 aromatic rings. The van der Waals surface area contributed by atoms with Gasteiger partial charge in [-0.3, -0.25) is 0 Å². The number of para-hydroxylation sites is 1. The van der Waals surface area contributed by atoms with Crippen LogP contribution in [0.5, 0.6) is 5.75 Å². The topological polar surface area (TPSA) is 81.4 Å². The predicted octanol–water partition coefficient (Wildman–Crippen LogP) is 2.11. The molecule has 1 aliphatic rings. The normalized spacial score (nSPS) is 17.5. The van der Waals surface area contributed by atoms with E-state index in [1.165, 1.54) is 12.1 Å². The fourth-order valence-electron chi connectivity index (χ4n) is 2.57. The Bertz CT molecular complexity index is 757. The molecular weight excluding hydrogens is 300 g/mol. The molecule has 5 nitrogen and oxygen atoms in total. The van der Waals surface area contributed by atoms with Crippen LogP contribution in [0.15, 0.2) is 53.4 Å². The molecule has 0 saturated carbocycles. The molecule has 0 aromatic heterocycles. The van der Waals surface area contributed by atoms with Gasteiger partial charge >= 0.3 is 0 Å². The average Bonchev–Trinajstić information content (AvgIpc) is 2.53. The second-order valence-electron chi connectivity index (χ2n) is 5.29. The second-order valence-corrected chi connectivity index (χ2v) is 7.06. The number of rotatable bonds is 4. The molecule has 1 heterocycles.